The Balaban J connectivity index is 1.25. The van der Waals surface area contributed by atoms with E-state index in [9.17, 15) is 9.18 Å². The van der Waals surface area contributed by atoms with Crippen LogP contribution in [0.1, 0.15) is 77.6 Å². The molecule has 1 aromatic carbocycles. The molecule has 4 rings (SSSR count). The van der Waals surface area contributed by atoms with Gasteiger partial charge in [0.05, 0.1) is 10.9 Å². The van der Waals surface area contributed by atoms with Gasteiger partial charge in [-0.3, -0.25) is 4.79 Å². The number of rotatable bonds is 4. The molecule has 0 aliphatic heterocycles. The summed E-state index contributed by atoms with van der Waals surface area (Å²) >= 11 is 5.70. The van der Waals surface area contributed by atoms with Gasteiger partial charge in [-0.25, -0.2) is 4.39 Å². The van der Waals surface area contributed by atoms with Crippen LogP contribution in [0.3, 0.4) is 0 Å². The predicted octanol–water partition coefficient (Wildman–Crippen LogP) is 7.43. The highest BCUT2D eigenvalue weighted by molar-refractivity contribution is 6.30. The molecule has 0 N–H and O–H groups in total. The Morgan fingerprint density at radius 3 is 2.28 bits per heavy atom. The Kier molecular flexibility index (Phi) is 6.83. The number of hydrogen-bond donors (Lipinski definition) is 0. The maximum Gasteiger partial charge on any atom is 0.314 e. The molecule has 0 radical (unpaired) electrons. The van der Waals surface area contributed by atoms with Crippen molar-refractivity contribution in [3.8, 4) is 5.75 Å². The summed E-state index contributed by atoms with van der Waals surface area (Å²) in [6.07, 6.45) is 14.0. The fourth-order valence-electron chi connectivity index (χ4n) is 6.39. The number of carbonyl (C=O) groups is 1. The monoisotopic (exact) mass is 420 g/mol. The van der Waals surface area contributed by atoms with E-state index in [4.69, 9.17) is 16.3 Å². The molecule has 0 bridgehead atoms. The molecule has 0 spiro atoms. The lowest BCUT2D eigenvalue weighted by Gasteiger charge is -2.45. The van der Waals surface area contributed by atoms with Crippen LogP contribution in [0.5, 0.6) is 5.75 Å². The van der Waals surface area contributed by atoms with Gasteiger partial charge >= 0.3 is 5.97 Å². The SMILES string of the molecule is CCC1CCC2CC(C3CCC(C(=O)Oc4ccc(Cl)c(F)c4)CC3)CCC2C1. The van der Waals surface area contributed by atoms with Crippen molar-refractivity contribution >= 4 is 17.6 Å². The number of esters is 1. The van der Waals surface area contributed by atoms with Crippen LogP contribution in [0.15, 0.2) is 18.2 Å². The van der Waals surface area contributed by atoms with Crippen molar-refractivity contribution in [1.82, 2.24) is 0 Å². The molecule has 2 nitrogen and oxygen atoms in total. The van der Waals surface area contributed by atoms with E-state index in [1.54, 1.807) is 6.07 Å². The van der Waals surface area contributed by atoms with Crippen LogP contribution in [0, 0.1) is 41.3 Å². The van der Waals surface area contributed by atoms with Crippen molar-refractivity contribution in [3.05, 3.63) is 29.0 Å². The van der Waals surface area contributed by atoms with Crippen LogP contribution in [-0.4, -0.2) is 5.97 Å². The zero-order valence-electron chi connectivity index (χ0n) is 17.5. The zero-order valence-corrected chi connectivity index (χ0v) is 18.3. The van der Waals surface area contributed by atoms with Crippen LogP contribution < -0.4 is 4.74 Å². The summed E-state index contributed by atoms with van der Waals surface area (Å²) in [5, 5.41) is 0.0446. The Hall–Kier alpha value is -1.09. The molecule has 160 valence electrons. The van der Waals surface area contributed by atoms with Crippen LogP contribution >= 0.6 is 11.6 Å². The molecule has 3 saturated carbocycles. The van der Waals surface area contributed by atoms with E-state index in [1.165, 1.54) is 57.1 Å². The van der Waals surface area contributed by atoms with Gasteiger partial charge in [0, 0.05) is 6.07 Å². The fourth-order valence-corrected chi connectivity index (χ4v) is 6.51. The van der Waals surface area contributed by atoms with Gasteiger partial charge in [-0.2, -0.15) is 0 Å². The summed E-state index contributed by atoms with van der Waals surface area (Å²) in [6.45, 7) is 2.35. The standard InChI is InChI=1S/C25H34ClFO2/c1-2-16-3-4-21-14-20(10-9-19(21)13-16)17-5-7-18(8-6-17)25(28)29-22-11-12-23(26)24(27)15-22/h11-12,15-21H,2-10,13-14H2,1H3. The number of carbonyl (C=O) groups excluding carboxylic acids is 1. The smallest absolute Gasteiger partial charge is 0.314 e. The molecule has 3 aliphatic rings. The number of hydrogen-bond acceptors (Lipinski definition) is 2. The van der Waals surface area contributed by atoms with Crippen LogP contribution in [0.2, 0.25) is 5.02 Å². The van der Waals surface area contributed by atoms with Crippen molar-refractivity contribution in [1.29, 1.82) is 0 Å². The van der Waals surface area contributed by atoms with Gasteiger partial charge in [-0.05, 0) is 99.5 Å². The Bertz CT molecular complexity index is 713. The number of benzene rings is 1. The summed E-state index contributed by atoms with van der Waals surface area (Å²) in [5.74, 6) is 3.98. The molecule has 0 aromatic heterocycles. The van der Waals surface area contributed by atoms with Gasteiger partial charge in [-0.15, -0.1) is 0 Å². The van der Waals surface area contributed by atoms with Crippen LogP contribution in [0.25, 0.3) is 0 Å². The highest BCUT2D eigenvalue weighted by Gasteiger charge is 2.39. The Labute approximate surface area is 179 Å². The summed E-state index contributed by atoms with van der Waals surface area (Å²) in [7, 11) is 0. The second-order valence-electron chi connectivity index (χ2n) is 9.79. The molecule has 0 saturated heterocycles. The third kappa shape index (κ3) is 4.98. The second kappa shape index (κ2) is 9.37. The first-order valence-electron chi connectivity index (χ1n) is 11.7. The molecule has 29 heavy (non-hydrogen) atoms. The van der Waals surface area contributed by atoms with Gasteiger partial charge in [0.2, 0.25) is 0 Å². The molecule has 1 aromatic rings. The molecule has 3 fully saturated rings. The molecule has 3 aliphatic carbocycles. The molecular weight excluding hydrogens is 387 g/mol. The van der Waals surface area contributed by atoms with E-state index in [0.29, 0.717) is 0 Å². The summed E-state index contributed by atoms with van der Waals surface area (Å²) < 4.78 is 19.0. The average Bonchev–Trinajstić information content (AvgIpc) is 2.75. The minimum atomic E-state index is -0.552. The van der Waals surface area contributed by atoms with Crippen LogP contribution in [0.4, 0.5) is 4.39 Å². The normalized spacial score (nSPS) is 35.0. The first kappa shape index (κ1) is 21.2. The lowest BCUT2D eigenvalue weighted by atomic mass is 9.61. The second-order valence-corrected chi connectivity index (χ2v) is 10.2. The minimum Gasteiger partial charge on any atom is -0.426 e. The predicted molar refractivity (Wildman–Crippen MR) is 114 cm³/mol. The van der Waals surface area contributed by atoms with E-state index >= 15 is 0 Å². The number of fused-ring (bicyclic) bond motifs is 1. The average molecular weight is 421 g/mol. The van der Waals surface area contributed by atoms with Crippen molar-refractivity contribution in [2.24, 2.45) is 35.5 Å². The summed E-state index contributed by atoms with van der Waals surface area (Å²) in [6, 6.07) is 4.18. The van der Waals surface area contributed by atoms with Gasteiger partial charge in [0.15, 0.2) is 0 Å². The molecule has 0 amide bonds. The summed E-state index contributed by atoms with van der Waals surface area (Å²) in [5.41, 5.74) is 0. The lowest BCUT2D eigenvalue weighted by Crippen LogP contribution is -2.35. The highest BCUT2D eigenvalue weighted by atomic mass is 35.5. The molecule has 0 heterocycles. The first-order valence-corrected chi connectivity index (χ1v) is 12.1. The number of halogens is 2. The van der Waals surface area contributed by atoms with Crippen molar-refractivity contribution in [2.75, 3.05) is 0 Å². The Morgan fingerprint density at radius 1 is 0.966 bits per heavy atom. The number of ether oxygens (including phenoxy) is 1. The third-order valence-electron chi connectivity index (χ3n) is 8.22. The maximum absolute atomic E-state index is 13.6. The first-order chi connectivity index (χ1) is 14.0. The fraction of sp³-hybridized carbons (Fsp3) is 0.720. The van der Waals surface area contributed by atoms with E-state index in [0.717, 1.165) is 55.3 Å². The van der Waals surface area contributed by atoms with Gasteiger partial charge in [0.25, 0.3) is 0 Å². The maximum atomic E-state index is 13.6. The topological polar surface area (TPSA) is 26.3 Å². The van der Waals surface area contributed by atoms with Gasteiger partial charge in [-0.1, -0.05) is 31.4 Å². The quantitative estimate of drug-likeness (QED) is 0.373. The van der Waals surface area contributed by atoms with E-state index in [-0.39, 0.29) is 22.7 Å². The van der Waals surface area contributed by atoms with Crippen molar-refractivity contribution in [3.63, 3.8) is 0 Å². The van der Waals surface area contributed by atoms with Crippen molar-refractivity contribution < 1.29 is 13.9 Å². The van der Waals surface area contributed by atoms with Gasteiger partial charge in [0.1, 0.15) is 11.6 Å². The molecule has 4 unspecified atom stereocenters. The van der Waals surface area contributed by atoms with E-state index in [1.807, 2.05) is 0 Å². The molecular formula is C25H34ClFO2. The Morgan fingerprint density at radius 2 is 1.59 bits per heavy atom. The van der Waals surface area contributed by atoms with E-state index < -0.39 is 5.82 Å². The highest BCUT2D eigenvalue weighted by Crippen LogP contribution is 2.49. The largest absolute Gasteiger partial charge is 0.426 e. The molecule has 4 atom stereocenters. The lowest BCUT2D eigenvalue weighted by molar-refractivity contribution is -0.140. The zero-order chi connectivity index (χ0) is 20.4. The van der Waals surface area contributed by atoms with E-state index in [2.05, 4.69) is 6.92 Å². The third-order valence-corrected chi connectivity index (χ3v) is 8.53. The van der Waals surface area contributed by atoms with Crippen molar-refractivity contribution in [2.45, 2.75) is 77.6 Å². The van der Waals surface area contributed by atoms with Crippen LogP contribution in [-0.2, 0) is 4.79 Å². The van der Waals surface area contributed by atoms with Gasteiger partial charge < -0.3 is 4.74 Å². The molecule has 4 heteroatoms. The summed E-state index contributed by atoms with van der Waals surface area (Å²) in [4.78, 5) is 12.5. The minimum absolute atomic E-state index is 0.0446.